The van der Waals surface area contributed by atoms with E-state index in [0.29, 0.717) is 0 Å². The minimum Gasteiger partial charge on any atom is -0.435 e. The summed E-state index contributed by atoms with van der Waals surface area (Å²) >= 11 is 0. The Balaban J connectivity index is 1.91. The van der Waals surface area contributed by atoms with E-state index < -0.39 is 74.8 Å². The van der Waals surface area contributed by atoms with Crippen LogP contribution in [0.5, 0.6) is 5.75 Å². The highest BCUT2D eigenvalue weighted by molar-refractivity contribution is 7.90. The summed E-state index contributed by atoms with van der Waals surface area (Å²) in [6.45, 7) is -3.26. The van der Waals surface area contributed by atoms with Crippen LogP contribution in [0.3, 0.4) is 0 Å². The number of hydrogen-bond donors (Lipinski definition) is 2. The van der Waals surface area contributed by atoms with Crippen molar-refractivity contribution < 1.29 is 44.3 Å². The first-order chi connectivity index (χ1) is 17.2. The molecular weight excluding hydrogens is 528 g/mol. The van der Waals surface area contributed by atoms with Gasteiger partial charge in [-0.3, -0.25) is 10.1 Å². The number of sulfone groups is 1. The lowest BCUT2D eigenvalue weighted by Gasteiger charge is -2.28. The van der Waals surface area contributed by atoms with E-state index in [0.717, 1.165) is 30.3 Å². The summed E-state index contributed by atoms with van der Waals surface area (Å²) in [5.41, 5.74) is -1.99. The number of alkyl halides is 5. The number of nitrogens with one attached hydrogen (secondary N) is 2. The second-order valence-corrected chi connectivity index (χ2v) is 10.6. The Bertz CT molecular complexity index is 1260. The standard InChI is InChI=1S/C23H21F6N3O4S/c24-16-7-5-14(6-8-16)19(23(27,28)29)31-17(20(33)32-22(13-30)9-10-22)12-37(34,35)11-15-3-1-2-4-18(15)36-21(25)26/h1-8,17,19,21,31H,9-12H2,(H,32,33)/t17-,19?/m0/s1. The summed E-state index contributed by atoms with van der Waals surface area (Å²) in [6.07, 6.45) is -4.56. The molecule has 0 saturated heterocycles. The molecule has 0 heterocycles. The first-order valence-corrected chi connectivity index (χ1v) is 12.6. The molecule has 3 rings (SSSR count). The van der Waals surface area contributed by atoms with E-state index in [1.54, 1.807) is 0 Å². The zero-order valence-corrected chi connectivity index (χ0v) is 19.8. The van der Waals surface area contributed by atoms with Crippen molar-refractivity contribution in [3.8, 4) is 11.8 Å². The average molecular weight is 549 g/mol. The first kappa shape index (κ1) is 28.3. The monoisotopic (exact) mass is 549 g/mol. The van der Waals surface area contributed by atoms with Gasteiger partial charge in [0.2, 0.25) is 5.91 Å². The molecule has 2 atom stereocenters. The van der Waals surface area contributed by atoms with Crippen LogP contribution >= 0.6 is 0 Å². The van der Waals surface area contributed by atoms with Crippen LogP contribution in [0.1, 0.15) is 30.0 Å². The maximum atomic E-state index is 13.9. The predicted octanol–water partition coefficient (Wildman–Crippen LogP) is 3.78. The van der Waals surface area contributed by atoms with Gasteiger partial charge in [0.1, 0.15) is 29.2 Å². The van der Waals surface area contributed by atoms with Crippen molar-refractivity contribution in [2.75, 3.05) is 5.75 Å². The Labute approximate surface area is 208 Å². The number of halogens is 6. The number of para-hydroxylation sites is 1. The van der Waals surface area contributed by atoms with Gasteiger partial charge in [0.25, 0.3) is 0 Å². The van der Waals surface area contributed by atoms with E-state index in [4.69, 9.17) is 0 Å². The maximum Gasteiger partial charge on any atom is 0.407 e. The highest BCUT2D eigenvalue weighted by Gasteiger charge is 2.48. The van der Waals surface area contributed by atoms with Crippen molar-refractivity contribution in [2.45, 2.75) is 49.0 Å². The molecule has 0 radical (unpaired) electrons. The number of ether oxygens (including phenoxy) is 1. The summed E-state index contributed by atoms with van der Waals surface area (Å²) in [5, 5.41) is 13.5. The minimum atomic E-state index is -5.02. The molecule has 1 amide bonds. The fraction of sp³-hybridized carbons (Fsp3) is 0.391. The third kappa shape index (κ3) is 7.83. The minimum absolute atomic E-state index is 0.191. The summed E-state index contributed by atoms with van der Waals surface area (Å²) in [5.74, 6) is -4.52. The molecular formula is C23H21F6N3O4S. The van der Waals surface area contributed by atoms with E-state index >= 15 is 0 Å². The quantitative estimate of drug-likeness (QED) is 0.413. The third-order valence-electron chi connectivity index (χ3n) is 5.53. The lowest BCUT2D eigenvalue weighted by atomic mass is 10.0. The Morgan fingerprint density at radius 1 is 1.11 bits per heavy atom. The van der Waals surface area contributed by atoms with Gasteiger partial charge in [-0.1, -0.05) is 30.3 Å². The molecule has 200 valence electrons. The van der Waals surface area contributed by atoms with Crippen molar-refractivity contribution >= 4 is 15.7 Å². The average Bonchev–Trinajstić information content (AvgIpc) is 3.57. The van der Waals surface area contributed by atoms with Crippen LogP contribution in [0.2, 0.25) is 0 Å². The molecule has 37 heavy (non-hydrogen) atoms. The smallest absolute Gasteiger partial charge is 0.407 e. The van der Waals surface area contributed by atoms with Crippen molar-refractivity contribution in [1.82, 2.24) is 10.6 Å². The number of benzene rings is 2. The van der Waals surface area contributed by atoms with E-state index in [2.05, 4.69) is 10.1 Å². The highest BCUT2D eigenvalue weighted by atomic mass is 32.2. The zero-order valence-electron chi connectivity index (χ0n) is 18.9. The van der Waals surface area contributed by atoms with Crippen LogP contribution in [0.25, 0.3) is 0 Å². The fourth-order valence-electron chi connectivity index (χ4n) is 3.53. The zero-order chi connectivity index (χ0) is 27.4. The molecule has 7 nitrogen and oxygen atoms in total. The number of hydrogen-bond acceptors (Lipinski definition) is 6. The van der Waals surface area contributed by atoms with Crippen molar-refractivity contribution in [3.05, 3.63) is 65.5 Å². The van der Waals surface area contributed by atoms with Gasteiger partial charge in [-0.25, -0.2) is 12.8 Å². The number of nitriles is 1. The Morgan fingerprint density at radius 2 is 1.73 bits per heavy atom. The van der Waals surface area contributed by atoms with E-state index in [1.165, 1.54) is 18.2 Å². The Hall–Kier alpha value is -3.31. The van der Waals surface area contributed by atoms with Crippen LogP contribution in [0.4, 0.5) is 26.3 Å². The molecule has 1 aliphatic rings. The van der Waals surface area contributed by atoms with Crippen molar-refractivity contribution in [2.24, 2.45) is 0 Å². The summed E-state index contributed by atoms with van der Waals surface area (Å²) in [4.78, 5) is 12.9. The van der Waals surface area contributed by atoms with Gasteiger partial charge < -0.3 is 10.1 Å². The number of rotatable bonds is 11. The number of carbonyl (C=O) groups is 1. The Kier molecular flexibility index (Phi) is 8.38. The van der Waals surface area contributed by atoms with Crippen LogP contribution in [0, 0.1) is 17.1 Å². The molecule has 0 aromatic heterocycles. The SMILES string of the molecule is N#CC1(NC(=O)[C@H](CS(=O)(=O)Cc2ccccc2OC(F)F)NC(c2ccc(F)cc2)C(F)(F)F)CC1. The molecule has 1 unspecified atom stereocenters. The molecule has 1 fully saturated rings. The second-order valence-electron chi connectivity index (χ2n) is 8.47. The summed E-state index contributed by atoms with van der Waals surface area (Å²) in [7, 11) is -4.42. The molecule has 2 N–H and O–H groups in total. The number of carbonyl (C=O) groups excluding carboxylic acids is 1. The van der Waals surface area contributed by atoms with Crippen molar-refractivity contribution in [1.29, 1.82) is 5.26 Å². The lowest BCUT2D eigenvalue weighted by molar-refractivity contribution is -0.160. The number of nitrogens with zero attached hydrogens (tertiary/aromatic N) is 1. The van der Waals surface area contributed by atoms with E-state index in [-0.39, 0.29) is 18.4 Å². The molecule has 2 aromatic carbocycles. The lowest BCUT2D eigenvalue weighted by Crippen LogP contribution is -2.54. The van der Waals surface area contributed by atoms with Crippen LogP contribution in [-0.2, 0) is 20.4 Å². The van der Waals surface area contributed by atoms with Gasteiger partial charge in [-0.05, 0) is 36.6 Å². The Morgan fingerprint density at radius 3 is 2.27 bits per heavy atom. The van der Waals surface area contributed by atoms with Crippen molar-refractivity contribution in [3.63, 3.8) is 0 Å². The molecule has 0 bridgehead atoms. The highest BCUT2D eigenvalue weighted by Crippen LogP contribution is 2.36. The largest absolute Gasteiger partial charge is 0.435 e. The van der Waals surface area contributed by atoms with Gasteiger partial charge in [0.15, 0.2) is 9.84 Å². The van der Waals surface area contributed by atoms with Gasteiger partial charge in [0, 0.05) is 5.56 Å². The summed E-state index contributed by atoms with van der Waals surface area (Å²) < 4.78 is 111. The van der Waals surface area contributed by atoms with Gasteiger partial charge in [0.05, 0.1) is 17.6 Å². The van der Waals surface area contributed by atoms with Crippen LogP contribution in [0.15, 0.2) is 48.5 Å². The normalized spacial score (nSPS) is 16.5. The molecule has 1 aliphatic carbocycles. The third-order valence-corrected chi connectivity index (χ3v) is 7.12. The van der Waals surface area contributed by atoms with E-state index in [1.807, 2.05) is 11.4 Å². The number of amides is 1. The van der Waals surface area contributed by atoms with Gasteiger partial charge in [-0.15, -0.1) is 0 Å². The molecule has 1 saturated carbocycles. The molecule has 0 spiro atoms. The van der Waals surface area contributed by atoms with Gasteiger partial charge in [-0.2, -0.15) is 27.2 Å². The maximum absolute atomic E-state index is 13.9. The summed E-state index contributed by atoms with van der Waals surface area (Å²) in [6, 6.07) is 5.42. The molecule has 0 aliphatic heterocycles. The van der Waals surface area contributed by atoms with E-state index in [9.17, 15) is 44.8 Å². The van der Waals surface area contributed by atoms with Crippen LogP contribution in [-0.4, -0.2) is 44.4 Å². The predicted molar refractivity (Wildman–Crippen MR) is 118 cm³/mol. The first-order valence-electron chi connectivity index (χ1n) is 10.8. The van der Waals surface area contributed by atoms with Crippen LogP contribution < -0.4 is 15.4 Å². The molecule has 2 aromatic rings. The van der Waals surface area contributed by atoms with Gasteiger partial charge >= 0.3 is 12.8 Å². The fourth-order valence-corrected chi connectivity index (χ4v) is 5.12. The molecule has 14 heteroatoms. The topological polar surface area (TPSA) is 108 Å². The second kappa shape index (κ2) is 11.0.